The molecule has 0 aliphatic heterocycles. The van der Waals surface area contributed by atoms with Gasteiger partial charge >= 0.3 is 5.97 Å². The summed E-state index contributed by atoms with van der Waals surface area (Å²) in [6.45, 7) is 5.90. The summed E-state index contributed by atoms with van der Waals surface area (Å²) in [5, 5.41) is 0.624. The first-order chi connectivity index (χ1) is 9.61. The van der Waals surface area contributed by atoms with Crippen molar-refractivity contribution in [2.24, 2.45) is 0 Å². The third-order valence-electron chi connectivity index (χ3n) is 2.67. The van der Waals surface area contributed by atoms with Gasteiger partial charge in [-0.1, -0.05) is 11.8 Å². The van der Waals surface area contributed by atoms with E-state index in [9.17, 15) is 4.79 Å². The van der Waals surface area contributed by atoms with Gasteiger partial charge in [-0.05, 0) is 32.9 Å². The monoisotopic (exact) mass is 292 g/mol. The number of nitrogens with zero attached hydrogens (tertiary/aromatic N) is 2. The number of pyridine rings is 1. The summed E-state index contributed by atoms with van der Waals surface area (Å²) in [7, 11) is 0. The van der Waals surface area contributed by atoms with Crippen molar-refractivity contribution in [3.63, 3.8) is 0 Å². The van der Waals surface area contributed by atoms with Crippen molar-refractivity contribution in [1.82, 2.24) is 9.97 Å². The zero-order valence-electron chi connectivity index (χ0n) is 11.7. The van der Waals surface area contributed by atoms with Crippen molar-refractivity contribution in [3.8, 4) is 0 Å². The maximum Gasteiger partial charge on any atom is 0.340 e. The highest BCUT2D eigenvalue weighted by Crippen LogP contribution is 2.25. The van der Waals surface area contributed by atoms with Crippen LogP contribution < -0.4 is 0 Å². The average molecular weight is 292 g/mol. The highest BCUT2D eigenvalue weighted by Gasteiger charge is 2.15. The fourth-order valence-corrected chi connectivity index (χ4v) is 2.43. The molecule has 5 nitrogen and oxygen atoms in total. The normalized spacial score (nSPS) is 10.6. The number of hydrogen-bond acceptors (Lipinski definition) is 6. The molecular weight excluding hydrogens is 276 g/mol. The van der Waals surface area contributed by atoms with E-state index in [1.807, 2.05) is 13.8 Å². The van der Waals surface area contributed by atoms with Crippen LogP contribution in [0.15, 0.2) is 27.8 Å². The molecular formula is C14H16N2O3S. The Morgan fingerprint density at radius 2 is 2.25 bits per heavy atom. The molecule has 0 atom stereocenters. The van der Waals surface area contributed by atoms with Crippen LogP contribution in [-0.2, 0) is 10.5 Å². The van der Waals surface area contributed by atoms with Crippen LogP contribution in [0.2, 0.25) is 0 Å². The predicted molar refractivity (Wildman–Crippen MR) is 75.7 cm³/mol. The smallest absolute Gasteiger partial charge is 0.340 e. The molecule has 0 fully saturated rings. The van der Waals surface area contributed by atoms with Crippen LogP contribution >= 0.6 is 11.8 Å². The van der Waals surface area contributed by atoms with Gasteiger partial charge in [-0.2, -0.15) is 0 Å². The molecule has 0 aliphatic rings. The first-order valence-electron chi connectivity index (χ1n) is 6.29. The van der Waals surface area contributed by atoms with Crippen molar-refractivity contribution in [2.45, 2.75) is 31.6 Å². The zero-order chi connectivity index (χ0) is 14.5. The molecule has 0 radical (unpaired) electrons. The molecule has 0 unspecified atom stereocenters. The minimum absolute atomic E-state index is 0.343. The highest BCUT2D eigenvalue weighted by molar-refractivity contribution is 7.98. The van der Waals surface area contributed by atoms with Gasteiger partial charge in [-0.15, -0.1) is 0 Å². The summed E-state index contributed by atoms with van der Waals surface area (Å²) < 4.78 is 10.5. The highest BCUT2D eigenvalue weighted by atomic mass is 32.2. The number of thioether (sulfide) groups is 1. The first-order valence-corrected chi connectivity index (χ1v) is 7.28. The Morgan fingerprint density at radius 3 is 2.90 bits per heavy atom. The summed E-state index contributed by atoms with van der Waals surface area (Å²) in [6.07, 6.45) is 1.65. The quantitative estimate of drug-likeness (QED) is 0.623. The van der Waals surface area contributed by atoms with Crippen molar-refractivity contribution in [2.75, 3.05) is 6.61 Å². The van der Waals surface area contributed by atoms with E-state index in [-0.39, 0.29) is 5.97 Å². The van der Waals surface area contributed by atoms with Gasteiger partial charge in [0.25, 0.3) is 0 Å². The number of aromatic nitrogens is 2. The molecule has 0 saturated heterocycles. The summed E-state index contributed by atoms with van der Waals surface area (Å²) in [5.74, 6) is 1.61. The van der Waals surface area contributed by atoms with Gasteiger partial charge in [-0.3, -0.25) is 0 Å². The largest absolute Gasteiger partial charge is 0.462 e. The van der Waals surface area contributed by atoms with Crippen LogP contribution in [0, 0.1) is 13.8 Å². The van der Waals surface area contributed by atoms with Crippen LogP contribution in [0.4, 0.5) is 0 Å². The Morgan fingerprint density at radius 1 is 1.45 bits per heavy atom. The lowest BCUT2D eigenvalue weighted by atomic mass is 10.3. The van der Waals surface area contributed by atoms with E-state index in [0.717, 1.165) is 11.5 Å². The maximum absolute atomic E-state index is 11.8. The number of hydrogen-bond donors (Lipinski definition) is 0. The van der Waals surface area contributed by atoms with Gasteiger partial charge in [0.05, 0.1) is 23.6 Å². The zero-order valence-corrected chi connectivity index (χ0v) is 12.5. The van der Waals surface area contributed by atoms with Crippen molar-refractivity contribution in [3.05, 3.63) is 41.2 Å². The summed E-state index contributed by atoms with van der Waals surface area (Å²) in [6, 6.07) is 3.43. The number of oxazole rings is 1. The Kier molecular flexibility index (Phi) is 4.79. The van der Waals surface area contributed by atoms with E-state index in [1.54, 1.807) is 25.3 Å². The van der Waals surface area contributed by atoms with Crippen LogP contribution in [0.1, 0.15) is 34.6 Å². The molecule has 0 amide bonds. The molecule has 6 heteroatoms. The van der Waals surface area contributed by atoms with Gasteiger partial charge in [0.15, 0.2) is 0 Å². The number of carbonyl (C=O) groups is 1. The molecule has 0 bridgehead atoms. The summed E-state index contributed by atoms with van der Waals surface area (Å²) >= 11 is 1.41. The third-order valence-corrected chi connectivity index (χ3v) is 3.66. The second-order valence-corrected chi connectivity index (χ2v) is 5.08. The molecule has 0 saturated carbocycles. The second-order valence-electron chi connectivity index (χ2n) is 4.11. The van der Waals surface area contributed by atoms with Gasteiger partial charge in [0.1, 0.15) is 10.8 Å². The second kappa shape index (κ2) is 6.56. The van der Waals surface area contributed by atoms with Crippen LogP contribution in [-0.4, -0.2) is 22.5 Å². The maximum atomic E-state index is 11.8. The summed E-state index contributed by atoms with van der Waals surface area (Å²) in [5.41, 5.74) is 1.35. The van der Waals surface area contributed by atoms with Crippen molar-refractivity contribution in [1.29, 1.82) is 0 Å². The SMILES string of the molecule is CCOC(=O)c1cccnc1SCc1nc(C)c(C)o1. The van der Waals surface area contributed by atoms with E-state index in [2.05, 4.69) is 9.97 Å². The topological polar surface area (TPSA) is 65.2 Å². The lowest BCUT2D eigenvalue weighted by Gasteiger charge is -2.06. The van der Waals surface area contributed by atoms with E-state index < -0.39 is 0 Å². The minimum Gasteiger partial charge on any atom is -0.462 e. The minimum atomic E-state index is -0.358. The standard InChI is InChI=1S/C14H16N2O3S/c1-4-18-14(17)11-6-5-7-15-13(11)20-8-12-16-9(2)10(3)19-12/h5-7H,4,8H2,1-3H3. The molecule has 0 spiro atoms. The third kappa shape index (κ3) is 3.39. The molecule has 0 aromatic carbocycles. The van der Waals surface area contributed by atoms with Crippen molar-refractivity contribution >= 4 is 17.7 Å². The average Bonchev–Trinajstić information content (AvgIpc) is 2.76. The fraction of sp³-hybridized carbons (Fsp3) is 0.357. The molecule has 2 heterocycles. The van der Waals surface area contributed by atoms with Gasteiger partial charge in [0, 0.05) is 6.20 Å². The van der Waals surface area contributed by atoms with E-state index in [4.69, 9.17) is 9.15 Å². The Balaban J connectivity index is 2.11. The van der Waals surface area contributed by atoms with E-state index in [1.165, 1.54) is 11.8 Å². The Labute approximate surface area is 121 Å². The Bertz CT molecular complexity index is 591. The lowest BCUT2D eigenvalue weighted by Crippen LogP contribution is -2.07. The van der Waals surface area contributed by atoms with Crippen molar-refractivity contribution < 1.29 is 13.9 Å². The van der Waals surface area contributed by atoms with Gasteiger partial charge < -0.3 is 9.15 Å². The van der Waals surface area contributed by atoms with Gasteiger partial charge in [0.2, 0.25) is 5.89 Å². The van der Waals surface area contributed by atoms with Crippen LogP contribution in [0.25, 0.3) is 0 Å². The number of esters is 1. The molecule has 106 valence electrons. The van der Waals surface area contributed by atoms with Gasteiger partial charge in [-0.25, -0.2) is 14.8 Å². The number of aryl methyl sites for hydroxylation is 2. The molecule has 0 aliphatic carbocycles. The molecule has 2 rings (SSSR count). The number of carbonyl (C=O) groups excluding carboxylic acids is 1. The first kappa shape index (κ1) is 14.6. The number of ether oxygens (including phenoxy) is 1. The fourth-order valence-electron chi connectivity index (χ4n) is 1.60. The lowest BCUT2D eigenvalue weighted by molar-refractivity contribution is 0.0521. The van der Waals surface area contributed by atoms with E-state index in [0.29, 0.717) is 28.8 Å². The number of rotatable bonds is 5. The van der Waals surface area contributed by atoms with Crippen LogP contribution in [0.5, 0.6) is 0 Å². The summed E-state index contributed by atoms with van der Waals surface area (Å²) in [4.78, 5) is 20.3. The Hall–Kier alpha value is -1.82. The molecule has 2 aromatic heterocycles. The molecule has 2 aromatic rings. The van der Waals surface area contributed by atoms with E-state index >= 15 is 0 Å². The molecule has 20 heavy (non-hydrogen) atoms. The predicted octanol–water partition coefficient (Wildman–Crippen LogP) is 3.16. The molecule has 0 N–H and O–H groups in total. The van der Waals surface area contributed by atoms with Crippen LogP contribution in [0.3, 0.4) is 0 Å².